The highest BCUT2D eigenvalue weighted by Gasteiger charge is 2.43. The molecule has 1 aromatic carbocycles. The van der Waals surface area contributed by atoms with Crippen molar-refractivity contribution < 1.29 is 78.2 Å². The molecule has 0 fully saturated rings. The van der Waals surface area contributed by atoms with Crippen molar-refractivity contribution in [3.05, 3.63) is 83.1 Å². The van der Waals surface area contributed by atoms with Gasteiger partial charge in [0.25, 0.3) is 10.1 Å². The summed E-state index contributed by atoms with van der Waals surface area (Å²) in [4.78, 5) is 12.8. The number of rotatable bonds is 37. The number of carbonyl (C=O) groups is 1. The third-order valence-electron chi connectivity index (χ3n) is 11.3. The molecule has 0 spiro atoms. The van der Waals surface area contributed by atoms with Crippen LogP contribution in [0.5, 0.6) is 0 Å². The van der Waals surface area contributed by atoms with Crippen molar-refractivity contribution in [2.24, 2.45) is 0 Å². The molecule has 0 amide bonds. The van der Waals surface area contributed by atoms with Gasteiger partial charge in [0.15, 0.2) is 13.1 Å². The van der Waals surface area contributed by atoms with Gasteiger partial charge >= 0.3 is 5.97 Å². The first-order valence-electron chi connectivity index (χ1n) is 23.2. The van der Waals surface area contributed by atoms with Crippen LogP contribution in [0.4, 0.5) is 5.69 Å². The molecule has 0 aromatic heterocycles. The molecule has 3 aliphatic rings. The van der Waals surface area contributed by atoms with Gasteiger partial charge in [0, 0.05) is 55.6 Å². The Hall–Kier alpha value is -4.10. The van der Waals surface area contributed by atoms with E-state index in [1.165, 1.54) is 12.1 Å². The lowest BCUT2D eigenvalue weighted by atomic mass is 9.77. The maximum absolute atomic E-state index is 12.2. The SMILES string of the molecule is COCCOCCOCCOCC[N+](CCOCCOCCOCCOC)=c1ccc2c(/C=C/C=C3/N(CCCCCC(=O)O)c4ccc(S(=O)(=O)[O-])cc4C3(C)CCCS(=O)(=O)O)ccoc-2c1. The molecule has 2 N–H and O–H groups in total. The van der Waals surface area contributed by atoms with Gasteiger partial charge in [0.2, 0.25) is 5.36 Å². The molecular weight excluding hydrogens is 941 g/mol. The molecule has 1 unspecified atom stereocenters. The van der Waals surface area contributed by atoms with Crippen LogP contribution in [0.15, 0.2) is 75.9 Å². The van der Waals surface area contributed by atoms with Crippen LogP contribution in [0, 0.1) is 0 Å². The van der Waals surface area contributed by atoms with Crippen LogP contribution in [-0.4, -0.2) is 169 Å². The highest BCUT2D eigenvalue weighted by Crippen LogP contribution is 2.51. The van der Waals surface area contributed by atoms with Crippen LogP contribution in [-0.2, 0) is 68.3 Å². The van der Waals surface area contributed by atoms with E-state index in [0.29, 0.717) is 154 Å². The zero-order valence-electron chi connectivity index (χ0n) is 40.1. The average molecular weight is 1010 g/mol. The lowest BCUT2D eigenvalue weighted by molar-refractivity contribution is -0.137. The molecule has 4 rings (SSSR count). The summed E-state index contributed by atoms with van der Waals surface area (Å²) in [5.74, 6) is -0.787. The van der Waals surface area contributed by atoms with E-state index >= 15 is 0 Å². The summed E-state index contributed by atoms with van der Waals surface area (Å²) in [5.41, 5.74) is 2.55. The molecule has 1 atom stereocenters. The first-order chi connectivity index (χ1) is 33.2. The van der Waals surface area contributed by atoms with Gasteiger partial charge in [0.1, 0.15) is 29.1 Å². The second-order valence-corrected chi connectivity index (χ2v) is 19.3. The molecule has 19 nitrogen and oxygen atoms in total. The molecule has 0 bridgehead atoms. The fraction of sp³-hybridized carbons (Fsp3) is 0.583. The average Bonchev–Trinajstić information content (AvgIpc) is 3.53. The Balaban J connectivity index is 1.58. The minimum atomic E-state index is -4.83. The molecule has 21 heteroatoms. The molecule has 386 valence electrons. The molecule has 0 saturated carbocycles. The number of benzene rings is 2. The zero-order chi connectivity index (χ0) is 50.0. The van der Waals surface area contributed by atoms with Gasteiger partial charge < -0.3 is 56.9 Å². The van der Waals surface area contributed by atoms with Gasteiger partial charge in [-0.15, -0.1) is 0 Å². The highest BCUT2D eigenvalue weighted by molar-refractivity contribution is 7.86. The molecule has 2 heterocycles. The van der Waals surface area contributed by atoms with Crippen molar-refractivity contribution in [1.29, 1.82) is 0 Å². The molecule has 1 aromatic rings. The summed E-state index contributed by atoms with van der Waals surface area (Å²) < 4.78 is 122. The fourth-order valence-corrected chi connectivity index (χ4v) is 8.82. The van der Waals surface area contributed by atoms with E-state index in [4.69, 9.17) is 42.3 Å². The van der Waals surface area contributed by atoms with Crippen molar-refractivity contribution in [2.45, 2.75) is 55.8 Å². The number of ether oxygens (including phenoxy) is 8. The summed E-state index contributed by atoms with van der Waals surface area (Å²) >= 11 is 0. The molecule has 2 aliphatic heterocycles. The van der Waals surface area contributed by atoms with E-state index in [1.807, 2.05) is 54.3 Å². The van der Waals surface area contributed by atoms with Crippen LogP contribution >= 0.6 is 0 Å². The topological polar surface area (TPSA) is 242 Å². The number of fused-ring (bicyclic) bond motifs is 2. The highest BCUT2D eigenvalue weighted by atomic mass is 32.2. The van der Waals surface area contributed by atoms with Crippen molar-refractivity contribution in [3.63, 3.8) is 0 Å². The number of unbranched alkanes of at least 4 members (excludes halogenated alkanes) is 2. The maximum Gasteiger partial charge on any atom is 0.303 e. The van der Waals surface area contributed by atoms with Gasteiger partial charge in [-0.1, -0.05) is 18.6 Å². The first-order valence-corrected chi connectivity index (χ1v) is 26.2. The molecule has 0 saturated heterocycles. The van der Waals surface area contributed by atoms with E-state index in [9.17, 15) is 35.8 Å². The van der Waals surface area contributed by atoms with Crippen molar-refractivity contribution in [3.8, 4) is 11.3 Å². The summed E-state index contributed by atoms with van der Waals surface area (Å²) in [7, 11) is -5.89. The number of aliphatic carboxylic acids is 1. The number of allylic oxidation sites excluding steroid dienone is 3. The Morgan fingerprint density at radius 3 is 1.88 bits per heavy atom. The van der Waals surface area contributed by atoms with E-state index < -0.39 is 42.3 Å². The third-order valence-corrected chi connectivity index (χ3v) is 13.0. The van der Waals surface area contributed by atoms with Gasteiger partial charge in [-0.25, -0.2) is 13.0 Å². The van der Waals surface area contributed by atoms with Crippen molar-refractivity contribution >= 4 is 38.0 Å². The number of carboxylic acids is 1. The summed E-state index contributed by atoms with van der Waals surface area (Å²) in [6.45, 7) is 9.88. The van der Waals surface area contributed by atoms with Crippen LogP contribution < -0.4 is 14.8 Å². The fourth-order valence-electron chi connectivity index (χ4n) is 7.81. The predicted octanol–water partition coefficient (Wildman–Crippen LogP) is 4.44. The maximum atomic E-state index is 12.2. The predicted molar refractivity (Wildman–Crippen MR) is 257 cm³/mol. The Labute approximate surface area is 406 Å². The quantitative estimate of drug-likeness (QED) is 0.0461. The Bertz CT molecular complexity index is 2310. The molecule has 69 heavy (non-hydrogen) atoms. The van der Waals surface area contributed by atoms with Crippen LogP contribution in [0.2, 0.25) is 0 Å². The number of hydrogen-bond donors (Lipinski definition) is 2. The minimum Gasteiger partial charge on any atom is -0.744 e. The van der Waals surface area contributed by atoms with E-state index in [0.717, 1.165) is 16.5 Å². The normalized spacial score (nSPS) is 15.8. The third kappa shape index (κ3) is 20.3. The second-order valence-electron chi connectivity index (χ2n) is 16.3. The standard InChI is InChI=1S/C48H70N2O17S2/c1-48(17-8-36-68(53,54)55)43-38-41(69(56,57)58)13-15-44(43)50(18-6-4-5-11-47(51)52)46(48)10-7-9-39-16-21-67-45-37-40(12-14-42(39)45)49(19-22-61-28-30-65-34-32-63-26-24-59-2)20-23-62-29-31-66-35-33-64-27-25-60-3/h7,9-10,12-16,21,37-38H,4-6,8,11,17-20,22-36H2,1-3H3,(H2-,51,52,53,54,55,56,57,58). The van der Waals surface area contributed by atoms with Gasteiger partial charge in [-0.2, -0.15) is 8.42 Å². The zero-order valence-corrected chi connectivity index (χ0v) is 41.7. The van der Waals surface area contributed by atoms with E-state index in [1.54, 1.807) is 26.5 Å². The van der Waals surface area contributed by atoms with Crippen LogP contribution in [0.25, 0.3) is 17.4 Å². The van der Waals surface area contributed by atoms with E-state index in [2.05, 4.69) is 4.58 Å². The van der Waals surface area contributed by atoms with E-state index in [-0.39, 0.29) is 19.3 Å². The number of anilines is 1. The molecule has 1 aliphatic carbocycles. The monoisotopic (exact) mass is 1010 g/mol. The lowest BCUT2D eigenvalue weighted by Crippen LogP contribution is -2.36. The van der Waals surface area contributed by atoms with Crippen molar-refractivity contribution in [2.75, 3.05) is 137 Å². The lowest BCUT2D eigenvalue weighted by Gasteiger charge is -2.30. The second kappa shape index (κ2) is 30.6. The Morgan fingerprint density at radius 1 is 0.754 bits per heavy atom. The smallest absolute Gasteiger partial charge is 0.303 e. The van der Waals surface area contributed by atoms with Crippen LogP contribution in [0.3, 0.4) is 0 Å². The molecular formula is C48H70N2O17S2. The Morgan fingerprint density at radius 2 is 1.33 bits per heavy atom. The van der Waals surface area contributed by atoms with Gasteiger partial charge in [0.05, 0.1) is 102 Å². The number of hydrogen-bond acceptors (Lipinski definition) is 16. The summed E-state index contributed by atoms with van der Waals surface area (Å²) in [5, 5.41) is 10.1. The van der Waals surface area contributed by atoms with Gasteiger partial charge in [-0.05, 0) is 80.1 Å². The summed E-state index contributed by atoms with van der Waals surface area (Å²) in [6.07, 6.45) is 9.16. The number of methoxy groups -OCH3 is 2. The minimum absolute atomic E-state index is 0.0205. The molecule has 0 radical (unpaired) electrons. The van der Waals surface area contributed by atoms with Crippen LogP contribution in [0.1, 0.15) is 56.6 Å². The largest absolute Gasteiger partial charge is 0.744 e. The Kier molecular flexibility index (Phi) is 25.5. The van der Waals surface area contributed by atoms with Crippen molar-refractivity contribution in [1.82, 2.24) is 4.58 Å². The summed E-state index contributed by atoms with van der Waals surface area (Å²) in [6, 6.07) is 11.9. The first kappa shape index (κ1) is 57.5. The van der Waals surface area contributed by atoms with Gasteiger partial charge in [-0.3, -0.25) is 9.35 Å². The number of carboxylic acid groups (broad SMARTS) is 1. The number of nitrogens with zero attached hydrogens (tertiary/aromatic N) is 2.